The number of likely N-dealkylation sites (tertiary alicyclic amines) is 1. The normalized spacial score (nSPS) is 19.3. The molecule has 3 aliphatic rings. The first-order valence-electron chi connectivity index (χ1n) is 12.7. The molecule has 3 aliphatic heterocycles. The molecule has 3 heterocycles. The van der Waals surface area contributed by atoms with E-state index in [1.54, 1.807) is 0 Å². The van der Waals surface area contributed by atoms with E-state index < -0.39 is 0 Å². The zero-order valence-electron chi connectivity index (χ0n) is 20.9. The lowest BCUT2D eigenvalue weighted by atomic mass is 9.97. The van der Waals surface area contributed by atoms with Gasteiger partial charge in [-0.05, 0) is 69.0 Å². The van der Waals surface area contributed by atoms with Gasteiger partial charge in [0.25, 0.3) is 0 Å². The Bertz CT molecular complexity index is 1040. The summed E-state index contributed by atoms with van der Waals surface area (Å²) in [6.07, 6.45) is 7.02. The highest BCUT2D eigenvalue weighted by atomic mass is 35.5. The van der Waals surface area contributed by atoms with Gasteiger partial charge in [-0.25, -0.2) is 0 Å². The highest BCUT2D eigenvalue weighted by Crippen LogP contribution is 2.32. The number of amides is 1. The van der Waals surface area contributed by atoms with Crippen LogP contribution < -0.4 is 4.74 Å². The van der Waals surface area contributed by atoms with Crippen LogP contribution in [0.4, 0.5) is 0 Å². The first kappa shape index (κ1) is 25.7. The maximum absolute atomic E-state index is 13.5. The average molecular weight is 497 g/mol. The molecule has 2 fully saturated rings. The van der Waals surface area contributed by atoms with Gasteiger partial charge in [0.2, 0.25) is 5.91 Å². The Kier molecular flexibility index (Phi) is 8.53. The molecule has 5 nitrogen and oxygen atoms in total. The van der Waals surface area contributed by atoms with Gasteiger partial charge in [-0.3, -0.25) is 4.79 Å². The van der Waals surface area contributed by atoms with Crippen LogP contribution in [0.5, 0.6) is 5.75 Å². The maximum atomic E-state index is 13.5. The Morgan fingerprint density at radius 1 is 0.914 bits per heavy atom. The standard InChI is InChI=1S/C29H36N2O3.ClH/c1-21-3-5-22(6-4-21)23-7-8-28-25(19-23)20-24(11-18-34-28)29(32)31-14-9-26(10-15-31)30(2)27-12-16-33-17-13-27;/h3-8,19-20,26-27H,9-18H2,1-2H3;1H. The van der Waals surface area contributed by atoms with Gasteiger partial charge in [0.15, 0.2) is 0 Å². The van der Waals surface area contributed by atoms with Crippen molar-refractivity contribution in [3.63, 3.8) is 0 Å². The van der Waals surface area contributed by atoms with E-state index in [0.717, 1.165) is 74.4 Å². The van der Waals surface area contributed by atoms with Crippen LogP contribution in [0.25, 0.3) is 17.2 Å². The SMILES string of the molecule is Cc1ccc(-c2ccc3c(c2)C=C(C(=O)N2CCC(N(C)C4CCOCC4)CC2)CCO3)cc1.Cl. The smallest absolute Gasteiger partial charge is 0.249 e. The summed E-state index contributed by atoms with van der Waals surface area (Å²) in [5.41, 5.74) is 5.42. The number of benzene rings is 2. The minimum Gasteiger partial charge on any atom is -0.493 e. The molecule has 0 N–H and O–H groups in total. The monoisotopic (exact) mass is 496 g/mol. The maximum Gasteiger partial charge on any atom is 0.249 e. The highest BCUT2D eigenvalue weighted by molar-refractivity contribution is 5.98. The number of rotatable bonds is 4. The first-order chi connectivity index (χ1) is 16.6. The molecule has 1 amide bonds. The van der Waals surface area contributed by atoms with E-state index in [1.165, 1.54) is 11.1 Å². The fourth-order valence-electron chi connectivity index (χ4n) is 5.49. The largest absolute Gasteiger partial charge is 0.493 e. The zero-order chi connectivity index (χ0) is 23.5. The highest BCUT2D eigenvalue weighted by Gasteiger charge is 2.30. The molecule has 2 saturated heterocycles. The van der Waals surface area contributed by atoms with Crippen molar-refractivity contribution in [3.05, 3.63) is 59.2 Å². The van der Waals surface area contributed by atoms with E-state index in [-0.39, 0.29) is 18.3 Å². The molecule has 0 unspecified atom stereocenters. The van der Waals surface area contributed by atoms with Crippen molar-refractivity contribution in [2.75, 3.05) is 40.0 Å². The van der Waals surface area contributed by atoms with Crippen LogP contribution in [0.2, 0.25) is 0 Å². The number of aryl methyl sites for hydroxylation is 1. The molecular formula is C29H37ClN2O3. The summed E-state index contributed by atoms with van der Waals surface area (Å²) in [6, 6.07) is 16.0. The minimum atomic E-state index is 0. The molecule has 0 saturated carbocycles. The molecule has 0 spiro atoms. The Morgan fingerprint density at radius 3 is 2.29 bits per heavy atom. The third kappa shape index (κ3) is 5.91. The predicted molar refractivity (Wildman–Crippen MR) is 143 cm³/mol. The summed E-state index contributed by atoms with van der Waals surface area (Å²) in [4.78, 5) is 18.1. The van der Waals surface area contributed by atoms with Crippen LogP contribution in [0, 0.1) is 6.92 Å². The predicted octanol–water partition coefficient (Wildman–Crippen LogP) is 5.35. The molecule has 2 aromatic rings. The van der Waals surface area contributed by atoms with Crippen molar-refractivity contribution in [2.24, 2.45) is 0 Å². The van der Waals surface area contributed by atoms with Crippen LogP contribution in [-0.4, -0.2) is 67.7 Å². The Labute approximate surface area is 215 Å². The van der Waals surface area contributed by atoms with Crippen molar-refractivity contribution in [2.45, 2.75) is 51.1 Å². The summed E-state index contributed by atoms with van der Waals surface area (Å²) < 4.78 is 11.5. The van der Waals surface area contributed by atoms with Crippen LogP contribution >= 0.6 is 12.4 Å². The van der Waals surface area contributed by atoms with E-state index in [1.807, 2.05) is 6.07 Å². The Hall–Kier alpha value is -2.34. The Balaban J connectivity index is 0.00000289. The van der Waals surface area contributed by atoms with Gasteiger partial charge >= 0.3 is 0 Å². The molecule has 35 heavy (non-hydrogen) atoms. The molecule has 2 aromatic carbocycles. The first-order valence-corrected chi connectivity index (χ1v) is 12.7. The molecule has 188 valence electrons. The Morgan fingerprint density at radius 2 is 1.57 bits per heavy atom. The number of fused-ring (bicyclic) bond motifs is 1. The van der Waals surface area contributed by atoms with E-state index in [4.69, 9.17) is 9.47 Å². The van der Waals surface area contributed by atoms with Gasteiger partial charge in [0.1, 0.15) is 5.75 Å². The second kappa shape index (κ2) is 11.6. The number of hydrogen-bond acceptors (Lipinski definition) is 4. The van der Waals surface area contributed by atoms with Crippen LogP contribution in [0.1, 0.15) is 43.2 Å². The second-order valence-electron chi connectivity index (χ2n) is 9.92. The van der Waals surface area contributed by atoms with Crippen molar-refractivity contribution in [1.82, 2.24) is 9.80 Å². The van der Waals surface area contributed by atoms with E-state index in [9.17, 15) is 4.79 Å². The third-order valence-corrected chi connectivity index (χ3v) is 7.72. The number of nitrogens with zero attached hydrogens (tertiary/aromatic N) is 2. The van der Waals surface area contributed by atoms with Gasteiger partial charge in [0, 0.05) is 55.9 Å². The summed E-state index contributed by atoms with van der Waals surface area (Å²) in [6.45, 7) is 6.03. The van der Waals surface area contributed by atoms with Gasteiger partial charge in [-0.2, -0.15) is 0 Å². The van der Waals surface area contributed by atoms with Crippen molar-refractivity contribution < 1.29 is 14.3 Å². The van der Waals surface area contributed by atoms with Gasteiger partial charge in [-0.15, -0.1) is 12.4 Å². The third-order valence-electron chi connectivity index (χ3n) is 7.72. The lowest BCUT2D eigenvalue weighted by molar-refractivity contribution is -0.129. The summed E-state index contributed by atoms with van der Waals surface area (Å²) in [7, 11) is 2.26. The number of hydrogen-bond donors (Lipinski definition) is 0. The zero-order valence-corrected chi connectivity index (χ0v) is 21.7. The number of halogens is 1. The summed E-state index contributed by atoms with van der Waals surface area (Å²) in [5.74, 6) is 1.03. The van der Waals surface area contributed by atoms with Gasteiger partial charge in [0.05, 0.1) is 6.61 Å². The van der Waals surface area contributed by atoms with Crippen molar-refractivity contribution in [3.8, 4) is 16.9 Å². The van der Waals surface area contributed by atoms with Crippen LogP contribution in [0.3, 0.4) is 0 Å². The second-order valence-corrected chi connectivity index (χ2v) is 9.92. The molecule has 0 aliphatic carbocycles. The molecular weight excluding hydrogens is 460 g/mol. The van der Waals surface area contributed by atoms with Crippen LogP contribution in [-0.2, 0) is 9.53 Å². The van der Waals surface area contributed by atoms with E-state index >= 15 is 0 Å². The number of piperidine rings is 1. The van der Waals surface area contributed by atoms with Crippen molar-refractivity contribution >= 4 is 24.4 Å². The quantitative estimate of drug-likeness (QED) is 0.572. The molecule has 0 atom stereocenters. The average Bonchev–Trinajstić information content (AvgIpc) is 3.11. The topological polar surface area (TPSA) is 42.0 Å². The van der Waals surface area contributed by atoms with Gasteiger partial charge in [-0.1, -0.05) is 35.9 Å². The fraction of sp³-hybridized carbons (Fsp3) is 0.483. The molecule has 0 bridgehead atoms. The van der Waals surface area contributed by atoms with Crippen molar-refractivity contribution in [1.29, 1.82) is 0 Å². The summed E-state index contributed by atoms with van der Waals surface area (Å²) >= 11 is 0. The molecule has 0 aromatic heterocycles. The lowest BCUT2D eigenvalue weighted by Crippen LogP contribution is -2.50. The van der Waals surface area contributed by atoms with Crippen LogP contribution in [0.15, 0.2) is 48.0 Å². The minimum absolute atomic E-state index is 0. The summed E-state index contributed by atoms with van der Waals surface area (Å²) in [5, 5.41) is 0. The number of ether oxygens (including phenoxy) is 2. The molecule has 0 radical (unpaired) electrons. The molecule has 5 rings (SSSR count). The number of carbonyl (C=O) groups excluding carboxylic acids is 1. The fourth-order valence-corrected chi connectivity index (χ4v) is 5.49. The lowest BCUT2D eigenvalue weighted by Gasteiger charge is -2.41. The van der Waals surface area contributed by atoms with E-state index in [0.29, 0.717) is 25.1 Å². The van der Waals surface area contributed by atoms with Gasteiger partial charge < -0.3 is 19.3 Å². The molecule has 6 heteroatoms. The number of carbonyl (C=O) groups is 1. The van der Waals surface area contributed by atoms with E-state index in [2.05, 4.69) is 66.2 Å².